The lowest BCUT2D eigenvalue weighted by Gasteiger charge is -2.04. The summed E-state index contributed by atoms with van der Waals surface area (Å²) < 4.78 is 0. The van der Waals surface area contributed by atoms with E-state index in [4.69, 9.17) is 0 Å². The maximum atomic E-state index is 12.2. The average Bonchev–Trinajstić information content (AvgIpc) is 2.52. The molecule has 1 N–H and O–H groups in total. The zero-order chi connectivity index (χ0) is 17.7. The fourth-order valence-corrected chi connectivity index (χ4v) is 2.92. The third-order valence-corrected chi connectivity index (χ3v) is 4.22. The molecule has 0 saturated carbocycles. The van der Waals surface area contributed by atoms with Crippen LogP contribution in [0.5, 0.6) is 0 Å². The van der Waals surface area contributed by atoms with E-state index in [1.54, 1.807) is 19.1 Å². The van der Waals surface area contributed by atoms with Crippen molar-refractivity contribution < 1.29 is 9.72 Å². The van der Waals surface area contributed by atoms with Gasteiger partial charge in [0.2, 0.25) is 0 Å². The van der Waals surface area contributed by atoms with E-state index >= 15 is 0 Å². The van der Waals surface area contributed by atoms with Gasteiger partial charge < -0.3 is 4.98 Å². The third-order valence-electron chi connectivity index (χ3n) is 3.35. The zero-order valence-electron chi connectivity index (χ0n) is 13.4. The Bertz CT molecular complexity index is 832. The second-order valence-electron chi connectivity index (χ2n) is 5.26. The summed E-state index contributed by atoms with van der Waals surface area (Å²) in [6, 6.07) is 5.84. The van der Waals surface area contributed by atoms with Gasteiger partial charge in [-0.3, -0.25) is 19.7 Å². The minimum absolute atomic E-state index is 0.0404. The van der Waals surface area contributed by atoms with Gasteiger partial charge in [-0.05, 0) is 13.3 Å². The number of thioether (sulfide) groups is 1. The number of benzene rings is 1. The van der Waals surface area contributed by atoms with E-state index in [0.717, 1.165) is 18.2 Å². The molecule has 1 aromatic carbocycles. The number of carbonyl (C=O) groups excluding carboxylic acids is 1. The molecule has 0 aliphatic carbocycles. The molecule has 24 heavy (non-hydrogen) atoms. The molecular formula is C16H17N3O4S. The predicted molar refractivity (Wildman–Crippen MR) is 91.7 cm³/mol. The molecule has 0 atom stereocenters. The lowest BCUT2D eigenvalue weighted by atomic mass is 10.1. The van der Waals surface area contributed by atoms with Crippen molar-refractivity contribution in [1.82, 2.24) is 9.97 Å². The van der Waals surface area contributed by atoms with E-state index in [-0.39, 0.29) is 28.3 Å². The topological polar surface area (TPSA) is 106 Å². The molecule has 7 nitrogen and oxygen atoms in total. The first-order valence-corrected chi connectivity index (χ1v) is 8.40. The van der Waals surface area contributed by atoms with Gasteiger partial charge in [0.25, 0.3) is 11.2 Å². The van der Waals surface area contributed by atoms with Crippen molar-refractivity contribution in [3.63, 3.8) is 0 Å². The van der Waals surface area contributed by atoms with E-state index in [1.807, 2.05) is 6.92 Å². The average molecular weight is 347 g/mol. The fraction of sp³-hybridized carbons (Fsp3) is 0.312. The van der Waals surface area contributed by atoms with Crippen LogP contribution in [0.4, 0.5) is 5.69 Å². The number of ketones is 1. The van der Waals surface area contributed by atoms with Crippen molar-refractivity contribution in [3.05, 3.63) is 61.6 Å². The number of hydrogen-bond donors (Lipinski definition) is 1. The molecule has 0 spiro atoms. The van der Waals surface area contributed by atoms with Crippen molar-refractivity contribution in [2.75, 3.05) is 5.75 Å². The molecule has 1 heterocycles. The number of nitro groups is 1. The van der Waals surface area contributed by atoms with Gasteiger partial charge in [-0.15, -0.1) is 0 Å². The second-order valence-corrected chi connectivity index (χ2v) is 6.23. The molecule has 1 aromatic heterocycles. The van der Waals surface area contributed by atoms with Gasteiger partial charge in [-0.1, -0.05) is 37.2 Å². The van der Waals surface area contributed by atoms with Crippen LogP contribution in [0, 0.1) is 17.0 Å². The first kappa shape index (κ1) is 17.9. The minimum atomic E-state index is -0.507. The highest BCUT2D eigenvalue weighted by atomic mass is 32.2. The van der Waals surface area contributed by atoms with E-state index in [9.17, 15) is 19.7 Å². The van der Waals surface area contributed by atoms with Crippen LogP contribution in [0.1, 0.15) is 35.0 Å². The van der Waals surface area contributed by atoms with E-state index < -0.39 is 4.92 Å². The van der Waals surface area contributed by atoms with Crippen LogP contribution < -0.4 is 5.56 Å². The van der Waals surface area contributed by atoms with Gasteiger partial charge in [0.15, 0.2) is 10.9 Å². The number of nitrogens with zero attached hydrogens (tertiary/aromatic N) is 2. The van der Waals surface area contributed by atoms with Crippen LogP contribution in [-0.4, -0.2) is 26.4 Å². The van der Waals surface area contributed by atoms with Gasteiger partial charge >= 0.3 is 0 Å². The molecule has 0 amide bonds. The van der Waals surface area contributed by atoms with Gasteiger partial charge in [0.05, 0.1) is 10.7 Å². The van der Waals surface area contributed by atoms with Crippen LogP contribution >= 0.6 is 11.8 Å². The Morgan fingerprint density at radius 1 is 1.38 bits per heavy atom. The molecule has 0 bridgehead atoms. The Kier molecular flexibility index (Phi) is 5.86. The molecule has 126 valence electrons. The Labute approximate surface area is 142 Å². The van der Waals surface area contributed by atoms with Crippen LogP contribution in [-0.2, 0) is 6.42 Å². The quantitative estimate of drug-likeness (QED) is 0.271. The first-order valence-electron chi connectivity index (χ1n) is 7.42. The monoisotopic (exact) mass is 347 g/mol. The SMILES string of the molecule is CCCc1cc(=O)[nH]c(SCC(=O)c2ccc(C)c([N+](=O)[O-])c2)n1. The number of aryl methyl sites for hydroxylation is 2. The first-order chi connectivity index (χ1) is 11.4. The highest BCUT2D eigenvalue weighted by Crippen LogP contribution is 2.21. The Morgan fingerprint density at radius 2 is 2.12 bits per heavy atom. The summed E-state index contributed by atoms with van der Waals surface area (Å²) in [5.41, 5.74) is 1.12. The van der Waals surface area contributed by atoms with Crippen LogP contribution in [0.15, 0.2) is 34.2 Å². The predicted octanol–water partition coefficient (Wildman–Crippen LogP) is 2.91. The van der Waals surface area contributed by atoms with Crippen LogP contribution in [0.3, 0.4) is 0 Å². The van der Waals surface area contributed by atoms with Gasteiger partial charge in [-0.25, -0.2) is 4.98 Å². The number of carbonyl (C=O) groups is 1. The third kappa shape index (κ3) is 4.51. The maximum Gasteiger partial charge on any atom is 0.273 e. The normalized spacial score (nSPS) is 10.6. The smallest absolute Gasteiger partial charge is 0.273 e. The number of aromatic amines is 1. The lowest BCUT2D eigenvalue weighted by molar-refractivity contribution is -0.385. The minimum Gasteiger partial charge on any atom is -0.301 e. The number of nitro benzene ring substituents is 1. The van der Waals surface area contributed by atoms with Crippen molar-refractivity contribution in [2.24, 2.45) is 0 Å². The molecule has 0 aliphatic rings. The Morgan fingerprint density at radius 3 is 2.79 bits per heavy atom. The van der Waals surface area contributed by atoms with Crippen molar-refractivity contribution in [3.8, 4) is 0 Å². The van der Waals surface area contributed by atoms with Crippen molar-refractivity contribution >= 4 is 23.2 Å². The number of nitrogens with one attached hydrogen (secondary N) is 1. The molecule has 0 fully saturated rings. The Balaban J connectivity index is 2.12. The van der Waals surface area contributed by atoms with Gasteiger partial charge in [-0.2, -0.15) is 0 Å². The second kappa shape index (κ2) is 7.87. The summed E-state index contributed by atoms with van der Waals surface area (Å²) in [4.78, 5) is 41.2. The molecule has 0 aliphatic heterocycles. The van der Waals surface area contributed by atoms with Gasteiger partial charge in [0, 0.05) is 29.0 Å². The number of aromatic nitrogens is 2. The van der Waals surface area contributed by atoms with Crippen molar-refractivity contribution in [2.45, 2.75) is 31.8 Å². The van der Waals surface area contributed by atoms with E-state index in [2.05, 4.69) is 9.97 Å². The number of H-pyrrole nitrogens is 1. The van der Waals surface area contributed by atoms with Crippen molar-refractivity contribution in [1.29, 1.82) is 0 Å². The fourth-order valence-electron chi connectivity index (χ4n) is 2.13. The number of Topliss-reactive ketones (excluding diaryl/α,β-unsaturated/α-hetero) is 1. The largest absolute Gasteiger partial charge is 0.301 e. The summed E-state index contributed by atoms with van der Waals surface area (Å²) in [6.45, 7) is 3.61. The van der Waals surface area contributed by atoms with Crippen LogP contribution in [0.25, 0.3) is 0 Å². The molecule has 8 heteroatoms. The summed E-state index contributed by atoms with van der Waals surface area (Å²) in [5.74, 6) is -0.217. The number of rotatable bonds is 7. The Hall–Kier alpha value is -2.48. The highest BCUT2D eigenvalue weighted by Gasteiger charge is 2.15. The van der Waals surface area contributed by atoms with Gasteiger partial charge in [0.1, 0.15) is 0 Å². The standard InChI is InChI=1S/C16H17N3O4S/c1-3-4-12-8-15(21)18-16(17-12)24-9-14(20)11-6-5-10(2)13(7-11)19(22)23/h5-8H,3-4,9H2,1-2H3,(H,17,18,21). The molecule has 0 unspecified atom stereocenters. The summed E-state index contributed by atoms with van der Waals surface area (Å²) in [6.07, 6.45) is 1.56. The van der Waals surface area contributed by atoms with E-state index in [1.165, 1.54) is 12.1 Å². The lowest BCUT2D eigenvalue weighted by Crippen LogP contribution is -2.11. The molecule has 0 saturated heterocycles. The molecule has 2 rings (SSSR count). The molecule has 2 aromatic rings. The summed E-state index contributed by atoms with van der Waals surface area (Å²) in [5, 5.41) is 11.3. The number of hydrogen-bond acceptors (Lipinski definition) is 6. The summed E-state index contributed by atoms with van der Waals surface area (Å²) >= 11 is 1.11. The van der Waals surface area contributed by atoms with E-state index in [0.29, 0.717) is 22.8 Å². The highest BCUT2D eigenvalue weighted by molar-refractivity contribution is 7.99. The molecule has 0 radical (unpaired) electrons. The summed E-state index contributed by atoms with van der Waals surface area (Å²) in [7, 11) is 0. The van der Waals surface area contributed by atoms with Crippen LogP contribution in [0.2, 0.25) is 0 Å². The maximum absolute atomic E-state index is 12.2. The zero-order valence-corrected chi connectivity index (χ0v) is 14.2. The molecular weight excluding hydrogens is 330 g/mol.